The number of hydrogen-bond acceptors (Lipinski definition) is 2. The molecule has 0 bridgehead atoms. The van der Waals surface area contributed by atoms with Crippen LogP contribution in [0.2, 0.25) is 0 Å². The molecule has 1 unspecified atom stereocenters. The molecule has 0 heterocycles. The summed E-state index contributed by atoms with van der Waals surface area (Å²) in [5, 5.41) is 14.5. The molecule has 0 aliphatic rings. The van der Waals surface area contributed by atoms with Crippen LogP contribution in [-0.4, -0.2) is 26.6 Å². The molecule has 0 spiro atoms. The average molecular weight is 402 g/mol. The van der Waals surface area contributed by atoms with Crippen molar-refractivity contribution >= 4 is 26.9 Å². The maximum Gasteiger partial charge on any atom is 0.280 e. The molecule has 3 nitrogen and oxygen atoms in total. The van der Waals surface area contributed by atoms with Crippen molar-refractivity contribution in [2.75, 3.05) is 6.61 Å². The Bertz CT molecular complexity index is 583. The third-order valence-corrected chi connectivity index (χ3v) is 5.58. The number of hydrogen-bond donors (Lipinski definition) is 2. The van der Waals surface area contributed by atoms with Crippen LogP contribution in [0.15, 0.2) is 22.7 Å². The molecule has 3 N–H and O–H groups in total. The van der Waals surface area contributed by atoms with Crippen molar-refractivity contribution in [3.05, 3.63) is 34.1 Å². The summed E-state index contributed by atoms with van der Waals surface area (Å²) in [6.07, 6.45) is -0.371. The van der Waals surface area contributed by atoms with Crippen molar-refractivity contribution in [2.45, 2.75) is 43.3 Å². The van der Waals surface area contributed by atoms with E-state index >= 15 is 0 Å². The lowest BCUT2D eigenvalue weighted by Crippen LogP contribution is -2.51. The molecule has 0 aliphatic carbocycles. The van der Waals surface area contributed by atoms with Crippen LogP contribution in [0.5, 0.6) is 0 Å². The lowest BCUT2D eigenvalue weighted by Gasteiger charge is -2.41. The van der Waals surface area contributed by atoms with Crippen molar-refractivity contribution in [1.29, 1.82) is 0 Å². The molecule has 2 atom stereocenters. The average Bonchev–Trinajstić information content (AvgIpc) is 2.40. The van der Waals surface area contributed by atoms with Gasteiger partial charge >= 0.3 is 0 Å². The first-order chi connectivity index (χ1) is 9.87. The molecule has 0 fully saturated rings. The van der Waals surface area contributed by atoms with Gasteiger partial charge in [-0.25, -0.2) is 17.4 Å². The van der Waals surface area contributed by atoms with Crippen LogP contribution in [0.4, 0.5) is 13.2 Å². The SMILES string of the molecule is CC(C)(C[C@](C)(c1cc(Br)ccc1F)C(F)(F)CO)S(N)=O. The Balaban J connectivity index is 3.54. The number of rotatable bonds is 6. The number of halogens is 4. The van der Waals surface area contributed by atoms with E-state index in [1.54, 1.807) is 0 Å². The predicted molar refractivity (Wildman–Crippen MR) is 84.5 cm³/mol. The molecule has 0 aliphatic heterocycles. The van der Waals surface area contributed by atoms with Crippen LogP contribution in [-0.2, 0) is 16.4 Å². The zero-order chi connectivity index (χ0) is 17.3. The van der Waals surface area contributed by atoms with Gasteiger partial charge < -0.3 is 5.11 Å². The minimum Gasteiger partial charge on any atom is -0.390 e. The Morgan fingerprint density at radius 2 is 1.86 bits per heavy atom. The summed E-state index contributed by atoms with van der Waals surface area (Å²) in [7, 11) is -1.89. The topological polar surface area (TPSA) is 63.3 Å². The number of nitrogens with two attached hydrogens (primary N) is 1. The van der Waals surface area contributed by atoms with Gasteiger partial charge in [0.25, 0.3) is 5.92 Å². The highest BCUT2D eigenvalue weighted by Crippen LogP contribution is 2.47. The molecule has 0 aromatic heterocycles. The van der Waals surface area contributed by atoms with Crippen LogP contribution in [0.25, 0.3) is 0 Å². The van der Waals surface area contributed by atoms with Gasteiger partial charge in [-0.05, 0) is 45.4 Å². The summed E-state index contributed by atoms with van der Waals surface area (Å²) in [5.74, 6) is -4.44. The van der Waals surface area contributed by atoms with Gasteiger partial charge in [-0.1, -0.05) is 15.9 Å². The normalized spacial score (nSPS) is 17.1. The Kier molecular flexibility index (Phi) is 5.87. The number of alkyl halides is 2. The minimum absolute atomic E-state index is 0.264. The van der Waals surface area contributed by atoms with Crippen molar-refractivity contribution < 1.29 is 22.5 Å². The second-order valence-corrected chi connectivity index (χ2v) is 8.67. The summed E-state index contributed by atoms with van der Waals surface area (Å²) < 4.78 is 53.9. The molecule has 1 aromatic carbocycles. The van der Waals surface area contributed by atoms with Crippen LogP contribution in [0, 0.1) is 5.82 Å². The first-order valence-electron chi connectivity index (χ1n) is 6.48. The highest BCUT2D eigenvalue weighted by Gasteiger charge is 2.54. The Morgan fingerprint density at radius 1 is 1.32 bits per heavy atom. The maximum atomic E-state index is 14.4. The second-order valence-electron chi connectivity index (χ2n) is 6.05. The maximum absolute atomic E-state index is 14.4. The van der Waals surface area contributed by atoms with E-state index in [9.17, 15) is 17.4 Å². The highest BCUT2D eigenvalue weighted by molar-refractivity contribution is 9.10. The largest absolute Gasteiger partial charge is 0.390 e. The molecule has 1 aromatic rings. The van der Waals surface area contributed by atoms with E-state index in [1.165, 1.54) is 26.0 Å². The van der Waals surface area contributed by atoms with Gasteiger partial charge in [-0.15, -0.1) is 0 Å². The summed E-state index contributed by atoms with van der Waals surface area (Å²) >= 11 is 3.13. The Morgan fingerprint density at radius 3 is 2.32 bits per heavy atom. The molecule has 0 amide bonds. The van der Waals surface area contributed by atoms with Crippen molar-refractivity contribution in [2.24, 2.45) is 5.14 Å². The molecular formula is C14H19BrF3NO2S. The van der Waals surface area contributed by atoms with Crippen LogP contribution in [0.1, 0.15) is 32.8 Å². The van der Waals surface area contributed by atoms with E-state index in [2.05, 4.69) is 15.9 Å². The summed E-state index contributed by atoms with van der Waals surface area (Å²) in [5.41, 5.74) is -2.34. The van der Waals surface area contributed by atoms with Gasteiger partial charge in [0.15, 0.2) is 0 Å². The summed E-state index contributed by atoms with van der Waals surface area (Å²) in [6.45, 7) is 2.61. The van der Waals surface area contributed by atoms with Crippen molar-refractivity contribution in [3.8, 4) is 0 Å². The third kappa shape index (κ3) is 3.72. The van der Waals surface area contributed by atoms with E-state index in [0.29, 0.717) is 4.47 Å². The van der Waals surface area contributed by atoms with Crippen LogP contribution < -0.4 is 5.14 Å². The molecule has 0 radical (unpaired) electrons. The van der Waals surface area contributed by atoms with Gasteiger partial charge in [0.05, 0.1) is 21.1 Å². The minimum atomic E-state index is -3.62. The van der Waals surface area contributed by atoms with Crippen molar-refractivity contribution in [1.82, 2.24) is 0 Å². The van der Waals surface area contributed by atoms with E-state index in [4.69, 9.17) is 10.2 Å². The molecule has 22 heavy (non-hydrogen) atoms. The van der Waals surface area contributed by atoms with Crippen LogP contribution in [0.3, 0.4) is 0 Å². The molecule has 0 saturated heterocycles. The van der Waals surface area contributed by atoms with E-state index in [-0.39, 0.29) is 12.0 Å². The summed E-state index contributed by atoms with van der Waals surface area (Å²) in [6, 6.07) is 3.70. The van der Waals surface area contributed by atoms with Gasteiger partial charge in [0.2, 0.25) is 0 Å². The van der Waals surface area contributed by atoms with Gasteiger partial charge in [0.1, 0.15) is 12.4 Å². The van der Waals surface area contributed by atoms with Gasteiger partial charge in [-0.3, -0.25) is 5.14 Å². The van der Waals surface area contributed by atoms with E-state index in [1.807, 2.05) is 0 Å². The zero-order valence-electron chi connectivity index (χ0n) is 12.5. The van der Waals surface area contributed by atoms with Crippen molar-refractivity contribution in [3.63, 3.8) is 0 Å². The Hall–Kier alpha value is -0.440. The number of aliphatic hydroxyl groups excluding tert-OH is 1. The fourth-order valence-corrected chi connectivity index (χ4v) is 3.23. The van der Waals surface area contributed by atoms with E-state index < -0.39 is 39.5 Å². The van der Waals surface area contributed by atoms with Gasteiger partial charge in [0, 0.05) is 10.0 Å². The molecule has 0 saturated carbocycles. The quantitative estimate of drug-likeness (QED) is 0.768. The lowest BCUT2D eigenvalue weighted by atomic mass is 9.71. The Labute approximate surface area is 138 Å². The number of benzene rings is 1. The monoisotopic (exact) mass is 401 g/mol. The molecule has 1 rings (SSSR count). The first-order valence-corrected chi connectivity index (χ1v) is 8.48. The third-order valence-electron chi connectivity index (χ3n) is 3.85. The van der Waals surface area contributed by atoms with E-state index in [0.717, 1.165) is 13.0 Å². The van der Waals surface area contributed by atoms with Crippen LogP contribution >= 0.6 is 15.9 Å². The van der Waals surface area contributed by atoms with Gasteiger partial charge in [-0.2, -0.15) is 0 Å². The first kappa shape index (κ1) is 19.6. The lowest BCUT2D eigenvalue weighted by molar-refractivity contribution is -0.115. The molecule has 126 valence electrons. The fourth-order valence-electron chi connectivity index (χ4n) is 2.44. The standard InChI is InChI=1S/C14H19BrF3NO2S/c1-12(2,22(19)21)7-13(3,14(17,18)8-20)10-6-9(15)4-5-11(10)16/h4-6,20H,7-8,19H2,1-3H3/t13-,22?/m1/s1. The molecule has 8 heteroatoms. The second kappa shape index (κ2) is 6.59. The number of aliphatic hydroxyl groups is 1. The predicted octanol–water partition coefficient (Wildman–Crippen LogP) is 3.26. The highest BCUT2D eigenvalue weighted by atomic mass is 79.9. The fraction of sp³-hybridized carbons (Fsp3) is 0.571. The smallest absolute Gasteiger partial charge is 0.280 e. The zero-order valence-corrected chi connectivity index (χ0v) is 14.9. The molecular weight excluding hydrogens is 383 g/mol. The summed E-state index contributed by atoms with van der Waals surface area (Å²) in [4.78, 5) is 0.